The third kappa shape index (κ3) is 2.93. The lowest BCUT2D eigenvalue weighted by atomic mass is 10.2. The van der Waals surface area contributed by atoms with Crippen LogP contribution in [0.4, 0.5) is 0 Å². The van der Waals surface area contributed by atoms with Gasteiger partial charge in [0.15, 0.2) is 0 Å². The number of carbonyl (C=O) groups is 1. The minimum absolute atomic E-state index is 0.0390. The first-order chi connectivity index (χ1) is 9.31. The molecule has 0 aromatic carbocycles. The number of imidazole rings is 1. The predicted molar refractivity (Wildman–Crippen MR) is 72.9 cm³/mol. The van der Waals surface area contributed by atoms with Crippen molar-refractivity contribution in [3.63, 3.8) is 0 Å². The molecule has 1 fully saturated rings. The van der Waals surface area contributed by atoms with E-state index in [1.165, 1.54) is 6.42 Å². The molecule has 0 spiro atoms. The van der Waals surface area contributed by atoms with E-state index >= 15 is 0 Å². The molecule has 0 radical (unpaired) electrons. The number of nitrogens with zero attached hydrogens (tertiary/aromatic N) is 2. The summed E-state index contributed by atoms with van der Waals surface area (Å²) in [5, 5.41) is 6.33. The Hall–Kier alpha value is -1.88. The van der Waals surface area contributed by atoms with Gasteiger partial charge in [-0.15, -0.1) is 0 Å². The van der Waals surface area contributed by atoms with Gasteiger partial charge in [0.05, 0.1) is 12.1 Å². The van der Waals surface area contributed by atoms with Crippen LogP contribution in [0.2, 0.25) is 0 Å². The lowest BCUT2D eigenvalue weighted by molar-refractivity contribution is -0.120. The highest BCUT2D eigenvalue weighted by Crippen LogP contribution is 2.06. The molecule has 1 saturated heterocycles. The van der Waals surface area contributed by atoms with Crippen LogP contribution in [0.25, 0.3) is 5.65 Å². The fraction of sp³-hybridized carbons (Fsp3) is 0.429. The van der Waals surface area contributed by atoms with Crippen LogP contribution in [-0.2, 0) is 11.2 Å². The summed E-state index contributed by atoms with van der Waals surface area (Å²) >= 11 is 0. The number of hydrogen-bond donors (Lipinski definition) is 2. The number of amides is 1. The first-order valence-corrected chi connectivity index (χ1v) is 6.74. The van der Waals surface area contributed by atoms with Gasteiger partial charge in [0.1, 0.15) is 5.65 Å². The van der Waals surface area contributed by atoms with Crippen molar-refractivity contribution in [2.75, 3.05) is 13.1 Å². The lowest BCUT2D eigenvalue weighted by Gasteiger charge is -2.10. The minimum atomic E-state index is 0.0390. The maximum atomic E-state index is 11.9. The van der Waals surface area contributed by atoms with Crippen LogP contribution in [0.5, 0.6) is 0 Å². The molecule has 0 aliphatic carbocycles. The molecule has 5 nitrogen and oxygen atoms in total. The van der Waals surface area contributed by atoms with Gasteiger partial charge in [-0.05, 0) is 31.5 Å². The van der Waals surface area contributed by atoms with E-state index in [1.807, 2.05) is 35.0 Å². The van der Waals surface area contributed by atoms with Gasteiger partial charge in [0, 0.05) is 25.0 Å². The van der Waals surface area contributed by atoms with E-state index in [0.717, 1.165) is 24.3 Å². The molecule has 5 heteroatoms. The summed E-state index contributed by atoms with van der Waals surface area (Å²) in [6.07, 6.45) is 6.53. The Morgan fingerprint density at radius 1 is 1.53 bits per heavy atom. The van der Waals surface area contributed by atoms with Crippen molar-refractivity contribution in [1.29, 1.82) is 0 Å². The molecule has 2 aromatic heterocycles. The SMILES string of the molecule is O=C(Cc1cn2ccccc2n1)NCC1CCCN1. The lowest BCUT2D eigenvalue weighted by Crippen LogP contribution is -2.37. The van der Waals surface area contributed by atoms with Crippen LogP contribution in [0.3, 0.4) is 0 Å². The summed E-state index contributed by atoms with van der Waals surface area (Å²) in [4.78, 5) is 16.3. The molecule has 2 N–H and O–H groups in total. The number of pyridine rings is 1. The Kier molecular flexibility index (Phi) is 3.46. The van der Waals surface area contributed by atoms with Crippen molar-refractivity contribution in [2.45, 2.75) is 25.3 Å². The monoisotopic (exact) mass is 258 g/mol. The Bertz CT molecular complexity index is 539. The highest BCUT2D eigenvalue weighted by Gasteiger charge is 2.15. The van der Waals surface area contributed by atoms with Gasteiger partial charge >= 0.3 is 0 Å². The van der Waals surface area contributed by atoms with Crippen molar-refractivity contribution in [3.05, 3.63) is 36.3 Å². The van der Waals surface area contributed by atoms with Crippen LogP contribution in [0.1, 0.15) is 18.5 Å². The van der Waals surface area contributed by atoms with Gasteiger partial charge in [0.2, 0.25) is 5.91 Å². The van der Waals surface area contributed by atoms with Crippen molar-refractivity contribution in [1.82, 2.24) is 20.0 Å². The van der Waals surface area contributed by atoms with Crippen molar-refractivity contribution >= 4 is 11.6 Å². The summed E-state index contributed by atoms with van der Waals surface area (Å²) in [5.74, 6) is 0.0390. The summed E-state index contributed by atoms with van der Waals surface area (Å²) in [5.41, 5.74) is 1.69. The molecule has 3 heterocycles. The number of hydrogen-bond acceptors (Lipinski definition) is 3. The zero-order chi connectivity index (χ0) is 13.1. The molecule has 3 rings (SSSR count). The third-order valence-corrected chi connectivity index (χ3v) is 3.46. The summed E-state index contributed by atoms with van der Waals surface area (Å²) < 4.78 is 1.93. The number of aromatic nitrogens is 2. The molecule has 2 aromatic rings. The van der Waals surface area contributed by atoms with E-state index < -0.39 is 0 Å². The van der Waals surface area contributed by atoms with Gasteiger partial charge in [0.25, 0.3) is 0 Å². The summed E-state index contributed by atoms with van der Waals surface area (Å²) in [6, 6.07) is 6.26. The van der Waals surface area contributed by atoms with Crippen LogP contribution in [-0.4, -0.2) is 34.4 Å². The van der Waals surface area contributed by atoms with Crippen LogP contribution >= 0.6 is 0 Å². The predicted octanol–water partition coefficient (Wildman–Crippen LogP) is 0.745. The Morgan fingerprint density at radius 2 is 2.47 bits per heavy atom. The number of carbonyl (C=O) groups excluding carboxylic acids is 1. The van der Waals surface area contributed by atoms with E-state index in [9.17, 15) is 4.79 Å². The molecule has 1 amide bonds. The standard InChI is InChI=1S/C14H18N4O/c19-14(16-9-11-4-3-6-15-11)8-12-10-18-7-2-1-5-13(18)17-12/h1-2,5,7,10-11,15H,3-4,6,8-9H2,(H,16,19). The fourth-order valence-electron chi connectivity index (χ4n) is 2.47. The normalized spacial score (nSPS) is 18.8. The second kappa shape index (κ2) is 5.40. The molecule has 100 valence electrons. The molecular formula is C14H18N4O. The zero-order valence-electron chi connectivity index (χ0n) is 10.8. The molecule has 19 heavy (non-hydrogen) atoms. The first-order valence-electron chi connectivity index (χ1n) is 6.74. The molecule has 0 saturated carbocycles. The van der Waals surface area contributed by atoms with E-state index in [-0.39, 0.29) is 5.91 Å². The third-order valence-electron chi connectivity index (χ3n) is 3.46. The van der Waals surface area contributed by atoms with Crippen LogP contribution in [0.15, 0.2) is 30.6 Å². The number of fused-ring (bicyclic) bond motifs is 1. The Balaban J connectivity index is 1.56. The Labute approximate surface area is 112 Å². The van der Waals surface area contributed by atoms with E-state index in [1.54, 1.807) is 0 Å². The minimum Gasteiger partial charge on any atom is -0.354 e. The van der Waals surface area contributed by atoms with Crippen LogP contribution in [0, 0.1) is 0 Å². The first kappa shape index (κ1) is 12.2. The van der Waals surface area contributed by atoms with Gasteiger partial charge in [-0.3, -0.25) is 4.79 Å². The molecule has 0 bridgehead atoms. The fourth-order valence-corrected chi connectivity index (χ4v) is 2.47. The average Bonchev–Trinajstić information content (AvgIpc) is 3.04. The number of nitrogens with one attached hydrogen (secondary N) is 2. The average molecular weight is 258 g/mol. The maximum Gasteiger partial charge on any atom is 0.226 e. The van der Waals surface area contributed by atoms with Gasteiger partial charge in [-0.25, -0.2) is 4.98 Å². The summed E-state index contributed by atoms with van der Waals surface area (Å²) in [6.45, 7) is 1.78. The van der Waals surface area contributed by atoms with E-state index in [2.05, 4.69) is 15.6 Å². The van der Waals surface area contributed by atoms with Gasteiger partial charge < -0.3 is 15.0 Å². The second-order valence-electron chi connectivity index (χ2n) is 4.97. The van der Waals surface area contributed by atoms with Crippen LogP contribution < -0.4 is 10.6 Å². The quantitative estimate of drug-likeness (QED) is 0.850. The second-order valence-corrected chi connectivity index (χ2v) is 4.97. The van der Waals surface area contributed by atoms with Crippen molar-refractivity contribution in [2.24, 2.45) is 0 Å². The topological polar surface area (TPSA) is 58.4 Å². The number of rotatable bonds is 4. The zero-order valence-corrected chi connectivity index (χ0v) is 10.8. The molecule has 1 unspecified atom stereocenters. The van der Waals surface area contributed by atoms with Gasteiger partial charge in [-0.1, -0.05) is 6.07 Å². The van der Waals surface area contributed by atoms with Gasteiger partial charge in [-0.2, -0.15) is 0 Å². The van der Waals surface area contributed by atoms with Crippen molar-refractivity contribution < 1.29 is 4.79 Å². The molecule has 1 aliphatic heterocycles. The molecule has 1 atom stereocenters. The smallest absolute Gasteiger partial charge is 0.226 e. The Morgan fingerprint density at radius 3 is 3.26 bits per heavy atom. The van der Waals surface area contributed by atoms with Crippen molar-refractivity contribution in [3.8, 4) is 0 Å². The molecule has 1 aliphatic rings. The maximum absolute atomic E-state index is 11.9. The highest BCUT2D eigenvalue weighted by atomic mass is 16.1. The largest absolute Gasteiger partial charge is 0.354 e. The van der Waals surface area contributed by atoms with E-state index in [0.29, 0.717) is 19.0 Å². The molecular weight excluding hydrogens is 240 g/mol. The highest BCUT2D eigenvalue weighted by molar-refractivity contribution is 5.78. The van der Waals surface area contributed by atoms with E-state index in [4.69, 9.17) is 0 Å². The summed E-state index contributed by atoms with van der Waals surface area (Å²) in [7, 11) is 0.